The summed E-state index contributed by atoms with van der Waals surface area (Å²) < 4.78 is 0. The second-order valence-corrected chi connectivity index (χ2v) is 4.02. The molecular weight excluding hydrogens is 172 g/mol. The van der Waals surface area contributed by atoms with E-state index in [2.05, 4.69) is 32.6 Å². The van der Waals surface area contributed by atoms with Crippen LogP contribution >= 0.6 is 0 Å². The summed E-state index contributed by atoms with van der Waals surface area (Å²) in [6, 6.07) is 0. The van der Waals surface area contributed by atoms with Crippen molar-refractivity contribution < 1.29 is 5.11 Å². The highest BCUT2D eigenvalue weighted by atomic mass is 16.3. The molecule has 0 radical (unpaired) electrons. The van der Waals surface area contributed by atoms with Crippen LogP contribution in [0.1, 0.15) is 46.0 Å². The second kappa shape index (κ2) is 9.01. The van der Waals surface area contributed by atoms with Gasteiger partial charge in [-0.15, -0.1) is 0 Å². The summed E-state index contributed by atoms with van der Waals surface area (Å²) in [5.74, 6) is 0.545. The minimum absolute atomic E-state index is 0.286. The van der Waals surface area contributed by atoms with Gasteiger partial charge in [-0.25, -0.2) is 0 Å². The molecule has 1 N–H and O–H groups in total. The van der Waals surface area contributed by atoms with E-state index < -0.39 is 0 Å². The minimum atomic E-state index is 0.286. The van der Waals surface area contributed by atoms with Crippen molar-refractivity contribution in [2.45, 2.75) is 46.0 Å². The van der Waals surface area contributed by atoms with Crippen LogP contribution < -0.4 is 0 Å². The van der Waals surface area contributed by atoms with Crippen LogP contribution in [0.15, 0.2) is 24.3 Å². The average Bonchev–Trinajstić information content (AvgIpc) is 2.13. The molecule has 1 heteroatoms. The van der Waals surface area contributed by atoms with Crippen LogP contribution in [0.4, 0.5) is 0 Å². The van der Waals surface area contributed by atoms with Gasteiger partial charge in [0.1, 0.15) is 0 Å². The highest BCUT2D eigenvalue weighted by molar-refractivity contribution is 5.14. The number of unbranched alkanes of at least 4 members (excludes halogenated alkanes) is 2. The van der Waals surface area contributed by atoms with Crippen molar-refractivity contribution in [2.24, 2.45) is 5.92 Å². The molecule has 0 heterocycles. The lowest BCUT2D eigenvalue weighted by atomic mass is 9.99. The smallest absolute Gasteiger partial charge is 0.0433 e. The Bertz CT molecular complexity index is 170. The van der Waals surface area contributed by atoms with Crippen molar-refractivity contribution in [1.82, 2.24) is 0 Å². The third-order valence-electron chi connectivity index (χ3n) is 2.31. The molecule has 14 heavy (non-hydrogen) atoms. The Morgan fingerprint density at radius 1 is 1.50 bits per heavy atom. The first kappa shape index (κ1) is 13.4. The van der Waals surface area contributed by atoms with E-state index in [0.717, 1.165) is 19.3 Å². The molecule has 0 aliphatic heterocycles. The molecule has 0 spiro atoms. The van der Waals surface area contributed by atoms with Gasteiger partial charge in [0, 0.05) is 6.61 Å². The highest BCUT2D eigenvalue weighted by Crippen LogP contribution is 2.14. The lowest BCUT2D eigenvalue weighted by molar-refractivity contribution is 0.262. The normalized spacial score (nSPS) is 13.4. The number of hydrogen-bond donors (Lipinski definition) is 1. The van der Waals surface area contributed by atoms with E-state index in [1.807, 2.05) is 0 Å². The molecule has 0 aliphatic carbocycles. The molecule has 1 nitrogen and oxygen atoms in total. The summed E-state index contributed by atoms with van der Waals surface area (Å²) in [4.78, 5) is 0. The molecule has 0 bridgehead atoms. The second-order valence-electron chi connectivity index (χ2n) is 4.02. The third kappa shape index (κ3) is 8.06. The summed E-state index contributed by atoms with van der Waals surface area (Å²) >= 11 is 0. The van der Waals surface area contributed by atoms with E-state index in [-0.39, 0.29) is 6.61 Å². The molecule has 0 aliphatic rings. The van der Waals surface area contributed by atoms with Crippen LogP contribution in [0.5, 0.6) is 0 Å². The van der Waals surface area contributed by atoms with Crippen LogP contribution in [0.3, 0.4) is 0 Å². The molecule has 0 fully saturated rings. The van der Waals surface area contributed by atoms with Gasteiger partial charge in [0.15, 0.2) is 0 Å². The number of allylic oxidation sites excluding steroid dienone is 3. The van der Waals surface area contributed by atoms with Gasteiger partial charge in [-0.1, -0.05) is 51.0 Å². The number of aliphatic hydroxyl groups is 1. The predicted molar refractivity (Wildman–Crippen MR) is 63.3 cm³/mol. The van der Waals surface area contributed by atoms with Gasteiger partial charge >= 0.3 is 0 Å². The van der Waals surface area contributed by atoms with E-state index in [1.54, 1.807) is 0 Å². The zero-order chi connectivity index (χ0) is 10.8. The Morgan fingerprint density at radius 2 is 2.21 bits per heavy atom. The molecule has 0 rings (SSSR count). The summed E-state index contributed by atoms with van der Waals surface area (Å²) in [7, 11) is 0. The topological polar surface area (TPSA) is 20.2 Å². The monoisotopic (exact) mass is 196 g/mol. The number of hydrogen-bond acceptors (Lipinski definition) is 1. The van der Waals surface area contributed by atoms with Crippen molar-refractivity contribution in [1.29, 1.82) is 0 Å². The molecule has 82 valence electrons. The first-order valence-corrected chi connectivity index (χ1v) is 5.65. The molecule has 1 atom stereocenters. The van der Waals surface area contributed by atoms with Gasteiger partial charge in [0.05, 0.1) is 0 Å². The van der Waals surface area contributed by atoms with Crippen molar-refractivity contribution in [3.63, 3.8) is 0 Å². The van der Waals surface area contributed by atoms with Gasteiger partial charge in [0.25, 0.3) is 0 Å². The molecule has 0 saturated carbocycles. The Kier molecular flexibility index (Phi) is 8.65. The van der Waals surface area contributed by atoms with Crippen LogP contribution in [0.25, 0.3) is 0 Å². The predicted octanol–water partition coefficient (Wildman–Crippen LogP) is 3.70. The molecule has 0 saturated heterocycles. The molecule has 0 amide bonds. The summed E-state index contributed by atoms with van der Waals surface area (Å²) in [6.45, 7) is 8.65. The minimum Gasteiger partial charge on any atom is -0.396 e. The maximum Gasteiger partial charge on any atom is 0.0433 e. The zero-order valence-corrected chi connectivity index (χ0v) is 9.63. The molecule has 1 unspecified atom stereocenters. The fourth-order valence-electron chi connectivity index (χ4n) is 1.41. The summed E-state index contributed by atoms with van der Waals surface area (Å²) in [5.41, 5.74) is 1.18. The van der Waals surface area contributed by atoms with E-state index in [9.17, 15) is 0 Å². The Labute approximate surface area is 88.5 Å². The van der Waals surface area contributed by atoms with Gasteiger partial charge in [-0.2, -0.15) is 0 Å². The largest absolute Gasteiger partial charge is 0.396 e. The van der Waals surface area contributed by atoms with Gasteiger partial charge < -0.3 is 5.11 Å². The summed E-state index contributed by atoms with van der Waals surface area (Å²) in [5, 5.41) is 8.75. The van der Waals surface area contributed by atoms with Crippen LogP contribution in [0, 0.1) is 5.92 Å². The van der Waals surface area contributed by atoms with Crippen LogP contribution in [0.2, 0.25) is 0 Å². The maximum atomic E-state index is 8.75. The highest BCUT2D eigenvalue weighted by Gasteiger charge is 2.01. The van der Waals surface area contributed by atoms with E-state index in [1.165, 1.54) is 18.4 Å². The molecule has 0 aromatic carbocycles. The van der Waals surface area contributed by atoms with Crippen molar-refractivity contribution in [3.8, 4) is 0 Å². The molecular formula is C13H24O. The molecule has 0 aromatic rings. The zero-order valence-electron chi connectivity index (χ0n) is 9.63. The quantitative estimate of drug-likeness (QED) is 0.463. The lowest BCUT2D eigenvalue weighted by Crippen LogP contribution is -1.98. The number of rotatable bonds is 8. The average molecular weight is 196 g/mol. The first-order chi connectivity index (χ1) is 6.70. The van der Waals surface area contributed by atoms with Gasteiger partial charge in [-0.3, -0.25) is 0 Å². The first-order valence-electron chi connectivity index (χ1n) is 5.65. The Balaban J connectivity index is 3.58. The van der Waals surface area contributed by atoms with E-state index in [0.29, 0.717) is 5.92 Å². The fraction of sp³-hybridized carbons (Fsp3) is 0.692. The van der Waals surface area contributed by atoms with Crippen LogP contribution in [-0.2, 0) is 0 Å². The number of aliphatic hydroxyl groups excluding tert-OH is 1. The van der Waals surface area contributed by atoms with Gasteiger partial charge in [0.2, 0.25) is 0 Å². The Morgan fingerprint density at radius 3 is 2.79 bits per heavy atom. The molecule has 0 aromatic heterocycles. The van der Waals surface area contributed by atoms with E-state index >= 15 is 0 Å². The van der Waals surface area contributed by atoms with Crippen molar-refractivity contribution in [3.05, 3.63) is 24.3 Å². The SMILES string of the molecule is C=C(C=CCCCC)CC(C)CCO. The van der Waals surface area contributed by atoms with Crippen LogP contribution in [-0.4, -0.2) is 11.7 Å². The lowest BCUT2D eigenvalue weighted by Gasteiger charge is -2.08. The van der Waals surface area contributed by atoms with E-state index in [4.69, 9.17) is 5.11 Å². The fourth-order valence-corrected chi connectivity index (χ4v) is 1.41. The summed E-state index contributed by atoms with van der Waals surface area (Å²) in [6.07, 6.45) is 9.88. The van der Waals surface area contributed by atoms with Crippen molar-refractivity contribution in [2.75, 3.05) is 6.61 Å². The maximum absolute atomic E-state index is 8.75. The van der Waals surface area contributed by atoms with Crippen molar-refractivity contribution >= 4 is 0 Å². The Hall–Kier alpha value is -0.560. The van der Waals surface area contributed by atoms with Gasteiger partial charge in [-0.05, 0) is 25.2 Å². The third-order valence-corrected chi connectivity index (χ3v) is 2.31. The standard InChI is InChI=1S/C13H24O/c1-4-5-6-7-8-12(2)11-13(3)9-10-14/h7-8,13-14H,2,4-6,9-11H2,1,3H3.